The predicted octanol–water partition coefficient (Wildman–Crippen LogP) is -9.75. The monoisotopic (exact) mass is 666 g/mol. The molecular formula is C24H42O21. The predicted molar refractivity (Wildman–Crippen MR) is 134 cm³/mol. The molecule has 0 amide bonds. The number of aliphatic hydroxyl groups excluding tert-OH is 14. The Bertz CT molecular complexity index is 916. The molecule has 21 heteroatoms. The standard InChI is InChI=1S/C24H42O21/c25-1-5-9(29)13(33)14(34)22(40-5)44-19-11(31)7(3-27)42-24(16(19)36)45-20-12(32)8(4-28)41-23(17(20)37)43-18-10(30)6(2-26)39-21(38)15(18)35/h5-38H,1-4H2/t5?,6?,7?,8?,9-,10-,11-,12-,13+,14?,15?,16?,17?,18+,19+,20+,21?,22+,23+,24+/m1/s1. The van der Waals surface area contributed by atoms with Gasteiger partial charge in [0.1, 0.15) is 97.7 Å². The summed E-state index contributed by atoms with van der Waals surface area (Å²) in [5.41, 5.74) is 0. The zero-order chi connectivity index (χ0) is 33.3. The van der Waals surface area contributed by atoms with Crippen molar-refractivity contribution in [1.29, 1.82) is 0 Å². The summed E-state index contributed by atoms with van der Waals surface area (Å²) in [5, 5.41) is 143. The number of aliphatic hydroxyl groups is 14. The third-order valence-electron chi connectivity index (χ3n) is 8.21. The fourth-order valence-electron chi connectivity index (χ4n) is 5.53. The molecule has 9 unspecified atom stereocenters. The molecule has 0 aliphatic carbocycles. The first-order valence-corrected chi connectivity index (χ1v) is 14.1. The minimum absolute atomic E-state index is 0.802. The summed E-state index contributed by atoms with van der Waals surface area (Å²) < 4.78 is 37.5. The highest BCUT2D eigenvalue weighted by atomic mass is 16.8. The first-order valence-electron chi connectivity index (χ1n) is 14.1. The molecule has 45 heavy (non-hydrogen) atoms. The van der Waals surface area contributed by atoms with E-state index in [1.54, 1.807) is 0 Å². The molecule has 4 aliphatic rings. The topological polar surface area (TPSA) is 348 Å². The molecule has 0 radical (unpaired) electrons. The summed E-state index contributed by atoms with van der Waals surface area (Å²) in [6.07, 6.45) is -36.1. The van der Waals surface area contributed by atoms with Crippen LogP contribution >= 0.6 is 0 Å². The van der Waals surface area contributed by atoms with Crippen LogP contribution in [-0.2, 0) is 33.2 Å². The molecule has 20 atom stereocenters. The zero-order valence-corrected chi connectivity index (χ0v) is 23.5. The molecule has 0 aromatic heterocycles. The second-order valence-electron chi connectivity index (χ2n) is 11.1. The van der Waals surface area contributed by atoms with Crippen molar-refractivity contribution in [1.82, 2.24) is 0 Å². The molecule has 0 aromatic rings. The van der Waals surface area contributed by atoms with Gasteiger partial charge in [0.15, 0.2) is 25.2 Å². The summed E-state index contributed by atoms with van der Waals surface area (Å²) in [4.78, 5) is 0. The van der Waals surface area contributed by atoms with Crippen molar-refractivity contribution in [3.8, 4) is 0 Å². The van der Waals surface area contributed by atoms with Gasteiger partial charge in [-0.1, -0.05) is 0 Å². The van der Waals surface area contributed by atoms with Crippen LogP contribution in [0.15, 0.2) is 0 Å². The van der Waals surface area contributed by atoms with E-state index >= 15 is 0 Å². The van der Waals surface area contributed by atoms with E-state index in [9.17, 15) is 71.5 Å². The van der Waals surface area contributed by atoms with Crippen LogP contribution in [0.3, 0.4) is 0 Å². The van der Waals surface area contributed by atoms with Gasteiger partial charge in [-0.15, -0.1) is 0 Å². The lowest BCUT2D eigenvalue weighted by Gasteiger charge is -2.49. The molecule has 4 rings (SSSR count). The first kappa shape index (κ1) is 37.0. The lowest BCUT2D eigenvalue weighted by atomic mass is 9.95. The Kier molecular flexibility index (Phi) is 12.8. The number of ether oxygens (including phenoxy) is 7. The summed E-state index contributed by atoms with van der Waals surface area (Å²) in [7, 11) is 0. The molecular weight excluding hydrogens is 624 g/mol. The van der Waals surface area contributed by atoms with Crippen LogP contribution in [-0.4, -0.2) is 221 Å². The maximum Gasteiger partial charge on any atom is 0.187 e. The van der Waals surface area contributed by atoms with Gasteiger partial charge in [-0.2, -0.15) is 0 Å². The summed E-state index contributed by atoms with van der Waals surface area (Å²) >= 11 is 0. The van der Waals surface area contributed by atoms with E-state index in [2.05, 4.69) is 0 Å². The van der Waals surface area contributed by atoms with E-state index in [0.717, 1.165) is 0 Å². The molecule has 0 spiro atoms. The third-order valence-corrected chi connectivity index (χ3v) is 8.21. The van der Waals surface area contributed by atoms with Crippen molar-refractivity contribution in [3.63, 3.8) is 0 Å². The normalized spacial score (nSPS) is 52.9. The minimum Gasteiger partial charge on any atom is -0.394 e. The highest BCUT2D eigenvalue weighted by Crippen LogP contribution is 2.34. The Labute approximate surface area is 254 Å². The average molecular weight is 667 g/mol. The van der Waals surface area contributed by atoms with E-state index in [-0.39, 0.29) is 0 Å². The molecule has 4 fully saturated rings. The maximum absolute atomic E-state index is 11.1. The lowest BCUT2D eigenvalue weighted by Crippen LogP contribution is -2.67. The van der Waals surface area contributed by atoms with Crippen LogP contribution in [0.5, 0.6) is 0 Å². The SMILES string of the molecule is OCC1O[C@@H](O[C@@H]2C(O)[C@H](O[C@@H]3C(O)[C@H](O[C@@H]4C(O)C(O)OC(CO)[C@H]4O)OC(CO)[C@H]3O)OC(CO)[C@H]2O)C(O)[C@@H](O)[C@@H]1O. The van der Waals surface area contributed by atoms with Crippen molar-refractivity contribution in [2.24, 2.45) is 0 Å². The van der Waals surface area contributed by atoms with Gasteiger partial charge in [0.25, 0.3) is 0 Å². The number of hydrogen-bond acceptors (Lipinski definition) is 21. The van der Waals surface area contributed by atoms with Crippen LogP contribution in [0.2, 0.25) is 0 Å². The van der Waals surface area contributed by atoms with Gasteiger partial charge in [-0.05, 0) is 0 Å². The highest BCUT2D eigenvalue weighted by molar-refractivity contribution is 4.97. The van der Waals surface area contributed by atoms with Crippen LogP contribution < -0.4 is 0 Å². The fourth-order valence-corrected chi connectivity index (χ4v) is 5.53. The van der Waals surface area contributed by atoms with Gasteiger partial charge in [0.2, 0.25) is 0 Å². The number of rotatable bonds is 10. The van der Waals surface area contributed by atoms with Crippen LogP contribution in [0, 0.1) is 0 Å². The summed E-state index contributed by atoms with van der Waals surface area (Å²) in [6, 6.07) is 0. The van der Waals surface area contributed by atoms with Gasteiger partial charge in [0.05, 0.1) is 26.4 Å². The summed E-state index contributed by atoms with van der Waals surface area (Å²) in [6.45, 7) is -3.42. The largest absolute Gasteiger partial charge is 0.394 e. The average Bonchev–Trinajstić information content (AvgIpc) is 3.02. The van der Waals surface area contributed by atoms with Crippen molar-refractivity contribution in [3.05, 3.63) is 0 Å². The molecule has 21 nitrogen and oxygen atoms in total. The second kappa shape index (κ2) is 15.6. The van der Waals surface area contributed by atoms with E-state index in [1.165, 1.54) is 0 Å². The van der Waals surface area contributed by atoms with Gasteiger partial charge < -0.3 is 105 Å². The molecule has 0 aromatic carbocycles. The van der Waals surface area contributed by atoms with Crippen molar-refractivity contribution < 1.29 is 105 Å². The number of hydrogen-bond donors (Lipinski definition) is 14. The van der Waals surface area contributed by atoms with E-state index in [4.69, 9.17) is 33.2 Å². The Balaban J connectivity index is 1.53. The molecule has 14 N–H and O–H groups in total. The lowest BCUT2D eigenvalue weighted by molar-refractivity contribution is -0.389. The molecule has 4 aliphatic heterocycles. The van der Waals surface area contributed by atoms with E-state index in [1.807, 2.05) is 0 Å². The Morgan fingerprint density at radius 1 is 0.333 bits per heavy atom. The van der Waals surface area contributed by atoms with E-state index in [0.29, 0.717) is 0 Å². The Hall–Kier alpha value is -0.840. The van der Waals surface area contributed by atoms with Gasteiger partial charge in [-0.25, -0.2) is 0 Å². The summed E-state index contributed by atoms with van der Waals surface area (Å²) in [5.74, 6) is 0. The van der Waals surface area contributed by atoms with Crippen LogP contribution in [0.4, 0.5) is 0 Å². The Morgan fingerprint density at radius 2 is 0.644 bits per heavy atom. The highest BCUT2D eigenvalue weighted by Gasteiger charge is 2.55. The fraction of sp³-hybridized carbons (Fsp3) is 1.00. The van der Waals surface area contributed by atoms with Crippen molar-refractivity contribution in [2.45, 2.75) is 123 Å². The van der Waals surface area contributed by atoms with Crippen molar-refractivity contribution >= 4 is 0 Å². The molecule has 0 saturated carbocycles. The van der Waals surface area contributed by atoms with Crippen LogP contribution in [0.1, 0.15) is 0 Å². The van der Waals surface area contributed by atoms with E-state index < -0.39 is 149 Å². The second-order valence-corrected chi connectivity index (χ2v) is 11.1. The van der Waals surface area contributed by atoms with Crippen molar-refractivity contribution in [2.75, 3.05) is 26.4 Å². The zero-order valence-electron chi connectivity index (χ0n) is 23.5. The molecule has 0 bridgehead atoms. The third kappa shape index (κ3) is 7.44. The van der Waals surface area contributed by atoms with Crippen LogP contribution in [0.25, 0.3) is 0 Å². The smallest absolute Gasteiger partial charge is 0.187 e. The molecule has 4 heterocycles. The Morgan fingerprint density at radius 3 is 1.02 bits per heavy atom. The first-order chi connectivity index (χ1) is 21.3. The van der Waals surface area contributed by atoms with Gasteiger partial charge in [0, 0.05) is 0 Å². The molecule has 4 saturated heterocycles. The minimum atomic E-state index is -2.05. The maximum atomic E-state index is 11.1. The molecule has 264 valence electrons. The van der Waals surface area contributed by atoms with Gasteiger partial charge >= 0.3 is 0 Å². The van der Waals surface area contributed by atoms with Gasteiger partial charge in [-0.3, -0.25) is 0 Å². The quantitative estimate of drug-likeness (QED) is 0.103.